The Balaban J connectivity index is 1.09. The summed E-state index contributed by atoms with van der Waals surface area (Å²) in [7, 11) is 0. The van der Waals surface area contributed by atoms with Crippen molar-refractivity contribution in [1.29, 1.82) is 0 Å². The van der Waals surface area contributed by atoms with Crippen molar-refractivity contribution in [2.45, 2.75) is 287 Å². The van der Waals surface area contributed by atoms with Crippen LogP contribution in [0, 0.1) is 0 Å². The number of hydrogen-bond acceptors (Lipinski definition) is 39. The summed E-state index contributed by atoms with van der Waals surface area (Å²) in [5.41, 5.74) is 0. The first-order valence-electron chi connectivity index (χ1n) is 31.8. The third-order valence-electron chi connectivity index (χ3n) is 18.2. The average Bonchev–Trinajstić information content (AvgIpc) is 0.766. The van der Waals surface area contributed by atoms with E-state index >= 15 is 0 Å². The Hall–Kier alpha value is -3.52. The highest BCUT2D eigenvalue weighted by Crippen LogP contribution is 2.40. The Labute approximate surface area is 562 Å². The van der Waals surface area contributed by atoms with E-state index < -0.39 is 309 Å². The fourth-order valence-corrected chi connectivity index (χ4v) is 12.8. The van der Waals surface area contributed by atoms with Crippen LogP contribution in [0.4, 0.5) is 0 Å². The molecule has 24 N–H and O–H groups in total. The lowest BCUT2D eigenvalue weighted by atomic mass is 9.94. The van der Waals surface area contributed by atoms with Gasteiger partial charge in [0.2, 0.25) is 23.6 Å². The van der Waals surface area contributed by atoms with Crippen molar-refractivity contribution in [1.82, 2.24) is 21.3 Å². The summed E-state index contributed by atoms with van der Waals surface area (Å²) in [4.78, 5) is 50.8. The summed E-state index contributed by atoms with van der Waals surface area (Å²) in [6, 6.07) is -7.14. The number of aliphatic hydroxyl groups excluding tert-OH is 20. The van der Waals surface area contributed by atoms with Gasteiger partial charge in [-0.2, -0.15) is 0 Å². The molecule has 0 spiro atoms. The molecular formula is C56H94N4O39. The largest absolute Gasteiger partial charge is 0.394 e. The summed E-state index contributed by atoms with van der Waals surface area (Å²) in [5, 5.41) is 231. The number of amides is 4. The van der Waals surface area contributed by atoms with Crippen molar-refractivity contribution < 1.29 is 192 Å². The van der Waals surface area contributed by atoms with Crippen LogP contribution in [0.2, 0.25) is 0 Å². The van der Waals surface area contributed by atoms with Crippen molar-refractivity contribution in [3.8, 4) is 0 Å². The van der Waals surface area contributed by atoms with E-state index in [1.54, 1.807) is 0 Å². The topological polar surface area (TPSA) is 659 Å². The maximum absolute atomic E-state index is 13.0. The zero-order chi connectivity index (χ0) is 73.1. The smallest absolute Gasteiger partial charge is 0.217 e. The van der Waals surface area contributed by atoms with Gasteiger partial charge in [-0.25, -0.2) is 0 Å². The van der Waals surface area contributed by atoms with Gasteiger partial charge in [-0.1, -0.05) is 0 Å². The third kappa shape index (κ3) is 18.1. The number of ether oxygens (including phenoxy) is 15. The zero-order valence-electron chi connectivity index (χ0n) is 54.0. The van der Waals surface area contributed by atoms with Crippen LogP contribution in [-0.4, -0.2) is 411 Å². The van der Waals surface area contributed by atoms with Gasteiger partial charge in [0.15, 0.2) is 50.3 Å². The van der Waals surface area contributed by atoms with Gasteiger partial charge in [-0.05, 0) is 13.8 Å². The molecule has 8 rings (SSSR count). The molecule has 0 bridgehead atoms. The Morgan fingerprint density at radius 2 is 0.596 bits per heavy atom. The first-order chi connectivity index (χ1) is 46.7. The minimum Gasteiger partial charge on any atom is -0.394 e. The molecule has 8 aliphatic rings. The minimum absolute atomic E-state index is 0.815. The lowest BCUT2D eigenvalue weighted by Gasteiger charge is -2.51. The Bertz CT molecular complexity index is 2600. The molecule has 99 heavy (non-hydrogen) atoms. The molecule has 40 atom stereocenters. The highest BCUT2D eigenvalue weighted by atomic mass is 16.8. The van der Waals surface area contributed by atoms with Gasteiger partial charge in [-0.3, -0.25) is 19.2 Å². The van der Waals surface area contributed by atoms with Gasteiger partial charge >= 0.3 is 0 Å². The number of hydrogen-bond donors (Lipinski definition) is 24. The molecule has 8 saturated heterocycles. The second-order valence-corrected chi connectivity index (χ2v) is 25.3. The maximum atomic E-state index is 13.0. The third-order valence-corrected chi connectivity index (χ3v) is 18.2. The second kappa shape index (κ2) is 35.0. The maximum Gasteiger partial charge on any atom is 0.217 e. The summed E-state index contributed by atoms with van der Waals surface area (Å²) < 4.78 is 90.0. The molecule has 572 valence electrons. The SMILES string of the molecule is CC(=O)N[C@H]1[C@H](OC[C@H]2OC(O)[C@H](NC(C)=O)[C@@H](O[C@@H]3O[C@H](CO)[C@H](O)[C@H](O[C@H]4O[C@H](CO)[C@H](O)[C@H](O)[C@H]4NC(C)=O)[C@H]3O[C@@H]3O[C@@H](C)[C@@H](O)[C@@H](O)[C@H]3O)[C@H]2O)O[C@H](CO)[C@@H](O[C@@H]2O[C@H](CO)[C@H](O)[C@H](O[C@H]3O[C@H](CO)[C@H](O)[C@H](O)[C@H]3NC(C)=O)[C@H]2O[C@@H]2O[C@@H](C)[C@@H](O)[C@@H](O)[C@@H]2O)[C@@H]1O. The number of rotatable bonds is 24. The van der Waals surface area contributed by atoms with Gasteiger partial charge in [0.1, 0.15) is 183 Å². The van der Waals surface area contributed by atoms with Gasteiger partial charge < -0.3 is 194 Å². The number of aliphatic hydroxyl groups is 20. The monoisotopic (exact) mass is 1450 g/mol. The highest BCUT2D eigenvalue weighted by Gasteiger charge is 2.60. The van der Waals surface area contributed by atoms with Crippen LogP contribution in [0.5, 0.6) is 0 Å². The molecular weight excluding hydrogens is 1350 g/mol. The van der Waals surface area contributed by atoms with Crippen LogP contribution >= 0.6 is 0 Å². The van der Waals surface area contributed by atoms with Gasteiger partial charge in [0.05, 0.1) is 51.8 Å². The second-order valence-electron chi connectivity index (χ2n) is 25.3. The lowest BCUT2D eigenvalue weighted by Crippen LogP contribution is -2.71. The van der Waals surface area contributed by atoms with Gasteiger partial charge in [0, 0.05) is 27.7 Å². The van der Waals surface area contributed by atoms with E-state index in [0.717, 1.165) is 27.7 Å². The van der Waals surface area contributed by atoms with Crippen molar-refractivity contribution in [3.63, 3.8) is 0 Å². The van der Waals surface area contributed by atoms with Crippen LogP contribution in [-0.2, 0) is 90.2 Å². The molecule has 0 aliphatic carbocycles. The van der Waals surface area contributed by atoms with E-state index in [1.165, 1.54) is 13.8 Å². The molecule has 0 aromatic rings. The molecule has 8 heterocycles. The highest BCUT2D eigenvalue weighted by molar-refractivity contribution is 5.74. The van der Waals surface area contributed by atoms with Crippen molar-refractivity contribution in [3.05, 3.63) is 0 Å². The van der Waals surface area contributed by atoms with Crippen molar-refractivity contribution in [2.24, 2.45) is 0 Å². The van der Waals surface area contributed by atoms with Crippen molar-refractivity contribution >= 4 is 23.6 Å². The molecule has 43 heteroatoms. The fourth-order valence-electron chi connectivity index (χ4n) is 12.8. The molecule has 1 unspecified atom stereocenters. The predicted molar refractivity (Wildman–Crippen MR) is 308 cm³/mol. The van der Waals surface area contributed by atoms with Crippen LogP contribution < -0.4 is 21.3 Å². The number of carbonyl (C=O) groups is 4. The molecule has 0 radical (unpaired) electrons. The first-order valence-corrected chi connectivity index (χ1v) is 31.8. The van der Waals surface area contributed by atoms with Crippen molar-refractivity contribution in [2.75, 3.05) is 39.6 Å². The molecule has 8 aliphatic heterocycles. The molecule has 43 nitrogen and oxygen atoms in total. The first kappa shape index (κ1) is 81.2. The van der Waals surface area contributed by atoms with Crippen LogP contribution in [0.3, 0.4) is 0 Å². The van der Waals surface area contributed by atoms with Crippen LogP contribution in [0.25, 0.3) is 0 Å². The molecule has 0 saturated carbocycles. The van der Waals surface area contributed by atoms with E-state index in [1.807, 2.05) is 0 Å². The Morgan fingerprint density at radius 3 is 0.980 bits per heavy atom. The minimum atomic E-state index is -2.24. The zero-order valence-corrected chi connectivity index (χ0v) is 54.0. The summed E-state index contributed by atoms with van der Waals surface area (Å²) >= 11 is 0. The molecule has 4 amide bonds. The molecule has 0 aromatic heterocycles. The fraction of sp³-hybridized carbons (Fsp3) is 0.929. The van der Waals surface area contributed by atoms with E-state index in [0.29, 0.717) is 0 Å². The van der Waals surface area contributed by atoms with E-state index in [2.05, 4.69) is 21.3 Å². The van der Waals surface area contributed by atoms with E-state index in [4.69, 9.17) is 71.1 Å². The predicted octanol–water partition coefficient (Wildman–Crippen LogP) is -15.8. The van der Waals surface area contributed by atoms with E-state index in [9.17, 15) is 121 Å². The average molecular weight is 1450 g/mol. The van der Waals surface area contributed by atoms with Crippen LogP contribution in [0.1, 0.15) is 41.5 Å². The van der Waals surface area contributed by atoms with E-state index in [-0.39, 0.29) is 0 Å². The normalized spacial score (nSPS) is 49.1. The Kier molecular flexibility index (Phi) is 28.7. The summed E-state index contributed by atoms with van der Waals surface area (Å²) in [5.74, 6) is -3.43. The Morgan fingerprint density at radius 1 is 0.283 bits per heavy atom. The summed E-state index contributed by atoms with van der Waals surface area (Å²) in [6.45, 7) is 0.296. The summed E-state index contributed by atoms with van der Waals surface area (Å²) in [6.07, 6.45) is -70.1. The van der Waals surface area contributed by atoms with Gasteiger partial charge in [0.25, 0.3) is 0 Å². The number of carbonyl (C=O) groups excluding carboxylic acids is 4. The van der Waals surface area contributed by atoms with Gasteiger partial charge in [-0.15, -0.1) is 0 Å². The number of nitrogens with one attached hydrogen (secondary N) is 4. The quantitative estimate of drug-likeness (QED) is 0.0427. The standard InChI is InChI=1S/C56H94N4O39/c1-13-29(70)39(80)41(82)53(86-13)98-47-45(96-51-25(57-15(3)66)36(77)31(72)19(7-61)89-51)33(74)21(9-63)91-55(47)94-43-23(11-65)93-50(27(38(43)79)59-17(5)68)85-12-24-35(76)44(28(49(84)88-24)60-18(6)69)95-56-48(99-54-42(83)40(81)30(71)14(2)87-54)46(34(75)22(10-64)92-56)97-52-26(58-16(4)67)37(78)32(73)20(8-62)90-52/h13-14,19-56,61-65,70-84H,7-12H2,1-6H3,(H,57,66)(H,58,67)(H,59,68)(H,60,69)/t13-,14-,19+,20+,21+,22+,23+,24+,25+,26+,27+,28+,29+,30+,31-,32-,33-,34-,35-,36+,37+,38+,39+,40+,41-,42+,43+,44+,45-,46-,47+,48+,49?,50+,51+,52+,53-,54-,55-,56-/m0/s1. The molecule has 8 fully saturated rings. The van der Waals surface area contributed by atoms with Crippen LogP contribution in [0.15, 0.2) is 0 Å². The lowest BCUT2D eigenvalue weighted by molar-refractivity contribution is -0.400. The molecule has 0 aromatic carbocycles.